The van der Waals surface area contributed by atoms with Crippen LogP contribution in [0.3, 0.4) is 0 Å². The van der Waals surface area contributed by atoms with E-state index in [9.17, 15) is 0 Å². The lowest BCUT2D eigenvalue weighted by atomic mass is 10.1. The minimum atomic E-state index is 0.0821. The summed E-state index contributed by atoms with van der Waals surface area (Å²) in [7, 11) is 0. The molecule has 0 saturated heterocycles. The number of hydrogen-bond acceptors (Lipinski definition) is 4. The average molecular weight is 276 g/mol. The number of aryl methyl sites for hydroxylation is 2. The minimum Gasteiger partial charge on any atom is -0.438 e. The molecule has 3 nitrogen and oxygen atoms in total. The normalized spacial score (nSPS) is 14.9. The van der Waals surface area contributed by atoms with Gasteiger partial charge in [0.2, 0.25) is 5.89 Å². The number of fused-ring (bicyclic) bond motifs is 1. The van der Waals surface area contributed by atoms with Gasteiger partial charge < -0.3 is 9.73 Å². The van der Waals surface area contributed by atoms with Crippen molar-refractivity contribution in [2.45, 2.75) is 52.1 Å². The quantitative estimate of drug-likeness (QED) is 0.927. The number of thiophene rings is 1. The zero-order valence-corrected chi connectivity index (χ0v) is 12.6. The van der Waals surface area contributed by atoms with Crippen molar-refractivity contribution >= 4 is 11.3 Å². The van der Waals surface area contributed by atoms with Gasteiger partial charge in [0.05, 0.1) is 17.6 Å². The van der Waals surface area contributed by atoms with Crippen LogP contribution in [0.25, 0.3) is 10.6 Å². The fraction of sp³-hybridized carbons (Fsp3) is 0.533. The third-order valence-corrected chi connectivity index (χ3v) is 4.56. The molecule has 0 saturated carbocycles. The standard InChI is InChI=1S/C15H20N2OS/c1-15(2,3)17-9-14-16-8-11(18-14)13-7-10-5-4-6-12(10)19-13/h7-8,17H,4-6,9H2,1-3H3. The topological polar surface area (TPSA) is 38.1 Å². The Labute approximate surface area is 118 Å². The number of aromatic nitrogens is 1. The van der Waals surface area contributed by atoms with Crippen LogP contribution in [0.5, 0.6) is 0 Å². The van der Waals surface area contributed by atoms with Gasteiger partial charge in [-0.15, -0.1) is 11.3 Å². The number of rotatable bonds is 3. The SMILES string of the molecule is CC(C)(C)NCc1ncc(-c2cc3c(s2)CCC3)o1. The van der Waals surface area contributed by atoms with Crippen molar-refractivity contribution in [3.63, 3.8) is 0 Å². The van der Waals surface area contributed by atoms with E-state index < -0.39 is 0 Å². The molecule has 0 bridgehead atoms. The Morgan fingerprint density at radius 2 is 2.21 bits per heavy atom. The highest BCUT2D eigenvalue weighted by molar-refractivity contribution is 7.15. The molecule has 2 heterocycles. The van der Waals surface area contributed by atoms with Gasteiger partial charge in [0.1, 0.15) is 0 Å². The largest absolute Gasteiger partial charge is 0.438 e. The molecular weight excluding hydrogens is 256 g/mol. The highest BCUT2D eigenvalue weighted by Gasteiger charge is 2.18. The van der Waals surface area contributed by atoms with E-state index in [1.165, 1.54) is 34.6 Å². The van der Waals surface area contributed by atoms with Gasteiger partial charge in [0.25, 0.3) is 0 Å². The lowest BCUT2D eigenvalue weighted by molar-refractivity contribution is 0.384. The number of nitrogens with one attached hydrogen (secondary N) is 1. The first-order chi connectivity index (χ1) is 9.01. The molecule has 0 fully saturated rings. The second-order valence-corrected chi connectivity index (χ2v) is 7.27. The van der Waals surface area contributed by atoms with Crippen LogP contribution >= 0.6 is 11.3 Å². The van der Waals surface area contributed by atoms with Crippen LogP contribution < -0.4 is 5.32 Å². The van der Waals surface area contributed by atoms with Crippen LogP contribution in [0, 0.1) is 0 Å². The molecule has 0 atom stereocenters. The average Bonchev–Trinajstić information content (AvgIpc) is 2.99. The summed E-state index contributed by atoms with van der Waals surface area (Å²) in [5.41, 5.74) is 1.59. The van der Waals surface area contributed by atoms with Crippen molar-refractivity contribution < 1.29 is 4.42 Å². The summed E-state index contributed by atoms with van der Waals surface area (Å²) in [5, 5.41) is 3.39. The second-order valence-electron chi connectivity index (χ2n) is 6.13. The molecule has 0 aliphatic heterocycles. The first kappa shape index (κ1) is 12.9. The number of oxazole rings is 1. The zero-order valence-electron chi connectivity index (χ0n) is 11.7. The molecule has 4 heteroatoms. The molecule has 0 amide bonds. The van der Waals surface area contributed by atoms with Crippen LogP contribution in [0.1, 0.15) is 43.5 Å². The van der Waals surface area contributed by atoms with Gasteiger partial charge in [-0.25, -0.2) is 4.98 Å². The van der Waals surface area contributed by atoms with Crippen molar-refractivity contribution in [3.8, 4) is 10.6 Å². The molecule has 0 unspecified atom stereocenters. The fourth-order valence-corrected chi connectivity index (χ4v) is 3.50. The number of hydrogen-bond donors (Lipinski definition) is 1. The van der Waals surface area contributed by atoms with Crippen molar-refractivity contribution in [1.82, 2.24) is 10.3 Å². The Balaban J connectivity index is 1.73. The van der Waals surface area contributed by atoms with Crippen molar-refractivity contribution in [2.24, 2.45) is 0 Å². The Morgan fingerprint density at radius 1 is 1.37 bits per heavy atom. The summed E-state index contributed by atoms with van der Waals surface area (Å²) in [6, 6.07) is 2.27. The number of nitrogens with zero attached hydrogens (tertiary/aromatic N) is 1. The molecule has 2 aromatic heterocycles. The molecule has 19 heavy (non-hydrogen) atoms. The monoisotopic (exact) mass is 276 g/mol. The maximum Gasteiger partial charge on any atom is 0.208 e. The summed E-state index contributed by atoms with van der Waals surface area (Å²) >= 11 is 1.86. The van der Waals surface area contributed by atoms with Crippen molar-refractivity contribution in [1.29, 1.82) is 0 Å². The smallest absolute Gasteiger partial charge is 0.208 e. The Kier molecular flexibility index (Phi) is 3.23. The van der Waals surface area contributed by atoms with Crippen LogP contribution in [-0.4, -0.2) is 10.5 Å². The predicted octanol–water partition coefficient (Wildman–Crippen LogP) is 3.78. The Bertz CT molecular complexity index is 556. The van der Waals surface area contributed by atoms with E-state index in [2.05, 4.69) is 37.1 Å². The summed E-state index contributed by atoms with van der Waals surface area (Å²) in [4.78, 5) is 7.11. The first-order valence-electron chi connectivity index (χ1n) is 6.83. The zero-order chi connectivity index (χ0) is 13.5. The summed E-state index contributed by atoms with van der Waals surface area (Å²) in [5.74, 6) is 1.67. The van der Waals surface area contributed by atoms with E-state index in [0.717, 1.165) is 11.7 Å². The summed E-state index contributed by atoms with van der Waals surface area (Å²) in [6.07, 6.45) is 5.60. The van der Waals surface area contributed by atoms with E-state index in [4.69, 9.17) is 4.42 Å². The van der Waals surface area contributed by atoms with Crippen LogP contribution in [-0.2, 0) is 19.4 Å². The van der Waals surface area contributed by atoms with E-state index in [0.29, 0.717) is 6.54 Å². The lowest BCUT2D eigenvalue weighted by Crippen LogP contribution is -2.35. The molecule has 1 N–H and O–H groups in total. The molecular formula is C15H20N2OS. The minimum absolute atomic E-state index is 0.0821. The molecule has 0 spiro atoms. The van der Waals surface area contributed by atoms with Gasteiger partial charge in [-0.2, -0.15) is 0 Å². The van der Waals surface area contributed by atoms with Crippen LogP contribution in [0.4, 0.5) is 0 Å². The fourth-order valence-electron chi connectivity index (χ4n) is 2.30. The Hall–Kier alpha value is -1.13. The summed E-state index contributed by atoms with van der Waals surface area (Å²) in [6.45, 7) is 7.09. The third-order valence-electron chi connectivity index (χ3n) is 3.31. The van der Waals surface area contributed by atoms with Crippen LogP contribution in [0.2, 0.25) is 0 Å². The lowest BCUT2D eigenvalue weighted by Gasteiger charge is -2.18. The van der Waals surface area contributed by atoms with Gasteiger partial charge in [0.15, 0.2) is 5.76 Å². The molecule has 0 aromatic carbocycles. The molecule has 2 aromatic rings. The maximum atomic E-state index is 5.84. The van der Waals surface area contributed by atoms with E-state index in [1.54, 1.807) is 0 Å². The predicted molar refractivity (Wildman–Crippen MR) is 78.4 cm³/mol. The van der Waals surface area contributed by atoms with Crippen molar-refractivity contribution in [3.05, 3.63) is 28.6 Å². The van der Waals surface area contributed by atoms with Gasteiger partial charge in [-0.05, 0) is 51.7 Å². The maximum absolute atomic E-state index is 5.84. The highest BCUT2D eigenvalue weighted by Crippen LogP contribution is 2.36. The van der Waals surface area contributed by atoms with Crippen molar-refractivity contribution in [2.75, 3.05) is 0 Å². The molecule has 1 aliphatic carbocycles. The third kappa shape index (κ3) is 2.90. The second kappa shape index (κ2) is 4.76. The molecule has 3 rings (SSSR count). The van der Waals surface area contributed by atoms with E-state index >= 15 is 0 Å². The first-order valence-corrected chi connectivity index (χ1v) is 7.65. The summed E-state index contributed by atoms with van der Waals surface area (Å²) < 4.78 is 5.84. The molecule has 102 valence electrons. The van der Waals surface area contributed by atoms with E-state index in [1.807, 2.05) is 17.5 Å². The highest BCUT2D eigenvalue weighted by atomic mass is 32.1. The molecule has 1 aliphatic rings. The van der Waals surface area contributed by atoms with Gasteiger partial charge in [-0.3, -0.25) is 0 Å². The van der Waals surface area contributed by atoms with Gasteiger partial charge in [-0.1, -0.05) is 0 Å². The van der Waals surface area contributed by atoms with E-state index in [-0.39, 0.29) is 5.54 Å². The van der Waals surface area contributed by atoms with Gasteiger partial charge in [0, 0.05) is 10.4 Å². The Morgan fingerprint density at radius 3 is 2.95 bits per heavy atom. The van der Waals surface area contributed by atoms with Gasteiger partial charge >= 0.3 is 0 Å². The van der Waals surface area contributed by atoms with Crippen LogP contribution in [0.15, 0.2) is 16.7 Å². The molecule has 0 radical (unpaired) electrons.